The smallest absolute Gasteiger partial charge is 0.207 e. The van der Waals surface area contributed by atoms with Gasteiger partial charge in [0.2, 0.25) is 0 Å². The van der Waals surface area contributed by atoms with E-state index in [4.69, 9.17) is 0 Å². The molecule has 0 spiro atoms. The van der Waals surface area contributed by atoms with Gasteiger partial charge in [-0.25, -0.2) is 48.3 Å². The molecule has 31 heavy (non-hydrogen) atoms. The normalized spacial score (nSPS) is 11.2. The lowest BCUT2D eigenvalue weighted by molar-refractivity contribution is 0.438. The van der Waals surface area contributed by atoms with Gasteiger partial charge in [-0.3, -0.25) is 0 Å². The summed E-state index contributed by atoms with van der Waals surface area (Å²) >= 11 is 0. The van der Waals surface area contributed by atoms with Crippen molar-refractivity contribution in [2.75, 3.05) is 0 Å². The Bertz CT molecular complexity index is 1070. The predicted octanol–water partition coefficient (Wildman–Crippen LogP) is 4.04. The molecule has 0 aliphatic rings. The van der Waals surface area contributed by atoms with Crippen molar-refractivity contribution < 1.29 is 48.3 Å². The van der Waals surface area contributed by atoms with Crippen LogP contribution in [0.15, 0.2) is 18.2 Å². The average Bonchev–Trinajstić information content (AvgIpc) is 2.68. The molecule has 0 unspecified atom stereocenters. The molecule has 0 nitrogen and oxygen atoms in total. The molecule has 162 valence electrons. The van der Waals surface area contributed by atoms with E-state index < -0.39 is 92.7 Å². The molecule has 0 saturated heterocycles. The van der Waals surface area contributed by atoms with Crippen LogP contribution in [-0.4, -0.2) is 6.71 Å². The fraction of sp³-hybridized carbons (Fsp3) is 0.0526. The number of halogens is 11. The van der Waals surface area contributed by atoms with Crippen molar-refractivity contribution in [3.8, 4) is 0 Å². The summed E-state index contributed by atoms with van der Waals surface area (Å²) < 4.78 is 155. The molecule has 0 aromatic heterocycles. The van der Waals surface area contributed by atoms with E-state index in [9.17, 15) is 48.3 Å². The zero-order valence-electron chi connectivity index (χ0n) is 15.0. The van der Waals surface area contributed by atoms with Gasteiger partial charge in [0.05, 0.1) is 0 Å². The maximum atomic E-state index is 14.7. The first-order valence-electron chi connectivity index (χ1n) is 8.18. The zero-order chi connectivity index (χ0) is 23.4. The van der Waals surface area contributed by atoms with Gasteiger partial charge in [-0.15, -0.1) is 0 Å². The molecule has 0 N–H and O–H groups in total. The summed E-state index contributed by atoms with van der Waals surface area (Å²) in [7, 11) is 0. The van der Waals surface area contributed by atoms with E-state index in [0.29, 0.717) is 0 Å². The molecule has 0 amide bonds. The van der Waals surface area contributed by atoms with E-state index in [-0.39, 0.29) is 18.2 Å². The summed E-state index contributed by atoms with van der Waals surface area (Å²) in [5.41, 5.74) is -6.25. The first-order valence-corrected chi connectivity index (χ1v) is 8.18. The lowest BCUT2D eigenvalue weighted by atomic mass is 9.36. The van der Waals surface area contributed by atoms with Crippen LogP contribution >= 0.6 is 0 Å². The third-order valence-electron chi connectivity index (χ3n) is 4.60. The Balaban J connectivity index is 2.56. The van der Waals surface area contributed by atoms with Crippen LogP contribution in [0.25, 0.3) is 0 Å². The molecular weight excluding hydrogens is 448 g/mol. The Morgan fingerprint density at radius 2 is 0.742 bits per heavy atom. The largest absolute Gasteiger partial charge is 0.264 e. The van der Waals surface area contributed by atoms with Crippen LogP contribution in [0.3, 0.4) is 0 Å². The highest BCUT2D eigenvalue weighted by molar-refractivity contribution is 6.95. The van der Waals surface area contributed by atoms with Crippen molar-refractivity contribution in [1.82, 2.24) is 0 Å². The lowest BCUT2D eigenvalue weighted by Gasteiger charge is -2.21. The highest BCUT2D eigenvalue weighted by atomic mass is 19.2. The third-order valence-corrected chi connectivity index (χ3v) is 4.60. The maximum absolute atomic E-state index is 14.7. The molecule has 0 saturated carbocycles. The van der Waals surface area contributed by atoms with Crippen molar-refractivity contribution in [3.05, 3.63) is 87.8 Å². The Morgan fingerprint density at radius 1 is 0.419 bits per heavy atom. The second kappa shape index (κ2) is 7.90. The monoisotopic (exact) mass is 454 g/mol. The number of benzene rings is 3. The van der Waals surface area contributed by atoms with E-state index in [1.165, 1.54) is 0 Å². The summed E-state index contributed by atoms with van der Waals surface area (Å²) in [6, 6.07) is -0.586. The minimum atomic E-state index is -2.98. The second-order valence-corrected chi connectivity index (χ2v) is 6.39. The molecule has 12 heteroatoms. The van der Waals surface area contributed by atoms with Gasteiger partial charge in [0.25, 0.3) is 6.71 Å². The van der Waals surface area contributed by atoms with E-state index in [1.54, 1.807) is 0 Å². The van der Waals surface area contributed by atoms with Crippen molar-refractivity contribution in [1.29, 1.82) is 0 Å². The summed E-state index contributed by atoms with van der Waals surface area (Å²) in [4.78, 5) is 0. The predicted molar refractivity (Wildman–Crippen MR) is 88.3 cm³/mol. The Kier molecular flexibility index (Phi) is 5.77. The number of rotatable bonds is 3. The number of hydrogen-bond acceptors (Lipinski definition) is 0. The molecule has 0 bridgehead atoms. The average molecular weight is 454 g/mol. The Morgan fingerprint density at radius 3 is 1.13 bits per heavy atom. The standard InChI is InChI=1S/C19H6BF11/c1-5-6(21)2-7(22)12(15(5)27)20(13-8(23)3-10(25)16(28)18(13)30)14-9(24)4-11(26)17(29)19(14)31/h2-4H,1H3. The molecule has 3 aromatic carbocycles. The molecule has 3 aromatic rings. The summed E-state index contributed by atoms with van der Waals surface area (Å²) in [6.45, 7) is -2.26. The molecule has 0 fully saturated rings. The van der Waals surface area contributed by atoms with Gasteiger partial charge in [-0.2, -0.15) is 0 Å². The van der Waals surface area contributed by atoms with Crippen LogP contribution < -0.4 is 16.4 Å². The van der Waals surface area contributed by atoms with Crippen LogP contribution in [0.2, 0.25) is 0 Å². The van der Waals surface area contributed by atoms with E-state index >= 15 is 0 Å². The lowest BCUT2D eigenvalue weighted by Crippen LogP contribution is -2.59. The summed E-state index contributed by atoms with van der Waals surface area (Å²) in [5.74, 6) is -23.4. The molecule has 0 aliphatic heterocycles. The first-order chi connectivity index (χ1) is 14.4. The molecule has 0 heterocycles. The minimum Gasteiger partial charge on any atom is -0.207 e. The van der Waals surface area contributed by atoms with Gasteiger partial charge < -0.3 is 0 Å². The molecular formula is C19H6BF11. The van der Waals surface area contributed by atoms with Crippen molar-refractivity contribution in [2.45, 2.75) is 6.92 Å². The van der Waals surface area contributed by atoms with Gasteiger partial charge in [0, 0.05) is 40.2 Å². The Hall–Kier alpha value is -3.05. The fourth-order valence-corrected chi connectivity index (χ4v) is 3.10. The van der Waals surface area contributed by atoms with E-state index in [0.717, 1.165) is 6.92 Å². The molecule has 0 aliphatic carbocycles. The Labute approximate surface area is 167 Å². The molecule has 0 atom stereocenters. The van der Waals surface area contributed by atoms with E-state index in [1.807, 2.05) is 0 Å². The maximum Gasteiger partial charge on any atom is 0.264 e. The van der Waals surface area contributed by atoms with Crippen molar-refractivity contribution in [3.63, 3.8) is 0 Å². The summed E-state index contributed by atoms with van der Waals surface area (Å²) in [6.07, 6.45) is 0. The highest BCUT2D eigenvalue weighted by Gasteiger charge is 2.41. The van der Waals surface area contributed by atoms with Crippen molar-refractivity contribution >= 4 is 23.1 Å². The van der Waals surface area contributed by atoms with Gasteiger partial charge in [0.1, 0.15) is 29.1 Å². The quantitative estimate of drug-likeness (QED) is 0.243. The topological polar surface area (TPSA) is 0 Å². The van der Waals surface area contributed by atoms with Gasteiger partial charge in [-0.05, 0) is 6.92 Å². The SMILES string of the molecule is Cc1c(F)cc(F)c(B(c2c(F)cc(F)c(F)c2F)c2c(F)cc(F)c(F)c2F)c1F. The van der Waals surface area contributed by atoms with Crippen LogP contribution in [0, 0.1) is 70.9 Å². The van der Waals surface area contributed by atoms with Crippen LogP contribution in [0.4, 0.5) is 48.3 Å². The minimum absolute atomic E-state index is 0.00781. The second-order valence-electron chi connectivity index (χ2n) is 6.39. The highest BCUT2D eigenvalue weighted by Crippen LogP contribution is 2.19. The van der Waals surface area contributed by atoms with Crippen molar-refractivity contribution in [2.24, 2.45) is 0 Å². The number of hydrogen-bond donors (Lipinski definition) is 0. The van der Waals surface area contributed by atoms with Crippen LogP contribution in [0.5, 0.6) is 0 Å². The fourth-order valence-electron chi connectivity index (χ4n) is 3.10. The molecule has 3 rings (SSSR count). The van der Waals surface area contributed by atoms with Crippen LogP contribution in [0.1, 0.15) is 5.56 Å². The molecule has 0 radical (unpaired) electrons. The summed E-state index contributed by atoms with van der Waals surface area (Å²) in [5, 5.41) is 0. The van der Waals surface area contributed by atoms with Gasteiger partial charge in [0.15, 0.2) is 34.9 Å². The van der Waals surface area contributed by atoms with E-state index in [2.05, 4.69) is 0 Å². The van der Waals surface area contributed by atoms with Gasteiger partial charge in [-0.1, -0.05) is 0 Å². The van der Waals surface area contributed by atoms with Crippen LogP contribution in [-0.2, 0) is 0 Å². The third kappa shape index (κ3) is 3.53. The van der Waals surface area contributed by atoms with Gasteiger partial charge >= 0.3 is 0 Å². The first kappa shape index (κ1) is 22.6. The zero-order valence-corrected chi connectivity index (χ0v) is 15.0.